The number of nitrogens with zero attached hydrogens (tertiary/aromatic N) is 4. The molecule has 46 heavy (non-hydrogen) atoms. The third-order valence-corrected chi connectivity index (χ3v) is 5.33. The SMILES string of the molecule is COC(=O)c1ccc(NC(=O)c2ccc(NC(=O)c3ccc([N+](=O)[O-])c(OCC(=O)O)n3)c(OCC(C)C)n2)c(OCC(=O)O)n1. The molecule has 3 heterocycles. The predicted octanol–water partition coefficient (Wildman–Crippen LogP) is 2.03. The number of amides is 2. The number of nitro groups is 1. The highest BCUT2D eigenvalue weighted by Crippen LogP contribution is 2.28. The maximum atomic E-state index is 13.1. The third kappa shape index (κ3) is 9.30. The number of ether oxygens (including phenoxy) is 4. The molecule has 0 unspecified atom stereocenters. The topological polar surface area (TPSA) is 269 Å². The minimum atomic E-state index is -1.42. The molecule has 19 heteroatoms. The van der Waals surface area contributed by atoms with E-state index in [4.69, 9.17) is 24.4 Å². The van der Waals surface area contributed by atoms with Crippen LogP contribution in [0.3, 0.4) is 0 Å². The van der Waals surface area contributed by atoms with E-state index in [1.54, 1.807) is 0 Å². The highest BCUT2D eigenvalue weighted by molar-refractivity contribution is 6.06. The van der Waals surface area contributed by atoms with Crippen LogP contribution >= 0.6 is 0 Å². The van der Waals surface area contributed by atoms with Crippen LogP contribution in [-0.2, 0) is 14.3 Å². The van der Waals surface area contributed by atoms with Crippen molar-refractivity contribution < 1.29 is 58.1 Å². The van der Waals surface area contributed by atoms with Gasteiger partial charge in [-0.1, -0.05) is 13.8 Å². The van der Waals surface area contributed by atoms with Crippen LogP contribution in [0.1, 0.15) is 45.3 Å². The Morgan fingerprint density at radius 2 is 1.22 bits per heavy atom. The number of carboxylic acid groups (broad SMARTS) is 2. The number of esters is 1. The van der Waals surface area contributed by atoms with Gasteiger partial charge in [0.05, 0.1) is 18.6 Å². The van der Waals surface area contributed by atoms with E-state index in [-0.39, 0.29) is 52.7 Å². The minimum absolute atomic E-state index is 0.0125. The number of anilines is 2. The van der Waals surface area contributed by atoms with E-state index in [0.29, 0.717) is 0 Å². The van der Waals surface area contributed by atoms with Gasteiger partial charge in [0.25, 0.3) is 17.7 Å². The average molecular weight is 643 g/mol. The standard InChI is InChI=1S/C27H26N6O13/c1-13(2)10-44-24-16(28-23(39)15-8-9-19(33(41)42)26(31-15)46-12-21(36)37)5-4-14(30-24)22(38)29-17-6-7-18(27(40)43-3)32-25(17)45-11-20(34)35/h4-9,13H,10-12H2,1-3H3,(H,28,39)(H,29,38)(H,34,35)(H,36,37). The highest BCUT2D eigenvalue weighted by atomic mass is 16.6. The first-order valence-electron chi connectivity index (χ1n) is 13.0. The quantitative estimate of drug-likeness (QED) is 0.105. The number of carbonyl (C=O) groups excluding carboxylic acids is 3. The van der Waals surface area contributed by atoms with Gasteiger partial charge < -0.3 is 39.8 Å². The molecule has 0 aliphatic heterocycles. The molecule has 0 aliphatic rings. The van der Waals surface area contributed by atoms with E-state index in [0.717, 1.165) is 19.2 Å². The maximum Gasteiger partial charge on any atom is 0.356 e. The minimum Gasteiger partial charge on any atom is -0.479 e. The predicted molar refractivity (Wildman–Crippen MR) is 153 cm³/mol. The molecule has 2 amide bonds. The molecule has 0 saturated heterocycles. The molecule has 0 saturated carbocycles. The molecule has 0 fully saturated rings. The first-order valence-corrected chi connectivity index (χ1v) is 13.0. The molecule has 0 atom stereocenters. The summed E-state index contributed by atoms with van der Waals surface area (Å²) < 4.78 is 20.3. The molecule has 0 aliphatic carbocycles. The van der Waals surface area contributed by atoms with Crippen molar-refractivity contribution in [3.05, 3.63) is 63.6 Å². The third-order valence-electron chi connectivity index (χ3n) is 5.33. The second kappa shape index (κ2) is 15.4. The van der Waals surface area contributed by atoms with Crippen LogP contribution in [0, 0.1) is 16.0 Å². The van der Waals surface area contributed by atoms with Crippen LogP contribution in [0.15, 0.2) is 36.4 Å². The Morgan fingerprint density at radius 3 is 1.72 bits per heavy atom. The van der Waals surface area contributed by atoms with Gasteiger partial charge in [0.2, 0.25) is 11.8 Å². The van der Waals surface area contributed by atoms with E-state index in [2.05, 4.69) is 30.3 Å². The van der Waals surface area contributed by atoms with Crippen molar-refractivity contribution in [1.29, 1.82) is 0 Å². The zero-order valence-corrected chi connectivity index (χ0v) is 24.3. The first kappa shape index (κ1) is 34.1. The number of nitrogens with one attached hydrogen (secondary N) is 2. The Bertz CT molecular complexity index is 1680. The van der Waals surface area contributed by atoms with Crippen molar-refractivity contribution in [2.24, 2.45) is 5.92 Å². The van der Waals surface area contributed by atoms with Crippen molar-refractivity contribution >= 4 is 46.8 Å². The van der Waals surface area contributed by atoms with Gasteiger partial charge in [-0.3, -0.25) is 19.7 Å². The van der Waals surface area contributed by atoms with Crippen LogP contribution in [0.4, 0.5) is 17.1 Å². The monoisotopic (exact) mass is 642 g/mol. The number of methoxy groups -OCH3 is 1. The lowest BCUT2D eigenvalue weighted by molar-refractivity contribution is -0.386. The van der Waals surface area contributed by atoms with E-state index >= 15 is 0 Å². The summed E-state index contributed by atoms with van der Waals surface area (Å²) in [5, 5.41) is 34.0. The summed E-state index contributed by atoms with van der Waals surface area (Å²) >= 11 is 0. The molecular formula is C27H26N6O13. The van der Waals surface area contributed by atoms with Gasteiger partial charge in [0.1, 0.15) is 22.8 Å². The summed E-state index contributed by atoms with van der Waals surface area (Å²) in [4.78, 5) is 82.1. The number of pyridine rings is 3. The van der Waals surface area contributed by atoms with Gasteiger partial charge in [-0.25, -0.2) is 29.3 Å². The van der Waals surface area contributed by atoms with Crippen molar-refractivity contribution in [3.8, 4) is 17.6 Å². The molecule has 19 nitrogen and oxygen atoms in total. The van der Waals surface area contributed by atoms with E-state index in [9.17, 15) is 34.1 Å². The van der Waals surface area contributed by atoms with Gasteiger partial charge in [0.15, 0.2) is 18.9 Å². The van der Waals surface area contributed by atoms with Crippen LogP contribution in [0.5, 0.6) is 17.6 Å². The summed E-state index contributed by atoms with van der Waals surface area (Å²) in [6.07, 6.45) is 0. The number of carbonyl (C=O) groups is 5. The van der Waals surface area contributed by atoms with Gasteiger partial charge in [0, 0.05) is 6.07 Å². The first-order chi connectivity index (χ1) is 21.8. The second-order valence-electron chi connectivity index (χ2n) is 9.35. The van der Waals surface area contributed by atoms with E-state index in [1.807, 2.05) is 13.8 Å². The van der Waals surface area contributed by atoms with Gasteiger partial charge in [-0.05, 0) is 36.2 Å². The zero-order valence-electron chi connectivity index (χ0n) is 24.3. The maximum absolute atomic E-state index is 13.1. The zero-order chi connectivity index (χ0) is 34.0. The second-order valence-corrected chi connectivity index (χ2v) is 9.35. The van der Waals surface area contributed by atoms with Gasteiger partial charge >= 0.3 is 23.6 Å². The summed E-state index contributed by atoms with van der Waals surface area (Å²) in [6, 6.07) is 6.89. The summed E-state index contributed by atoms with van der Waals surface area (Å²) in [5.74, 6) is -6.63. The fraction of sp³-hybridized carbons (Fsp3) is 0.259. The number of hydrogen-bond acceptors (Lipinski definition) is 14. The average Bonchev–Trinajstić information content (AvgIpc) is 3.01. The highest BCUT2D eigenvalue weighted by Gasteiger charge is 2.23. The molecule has 3 aromatic heterocycles. The van der Waals surface area contributed by atoms with Crippen molar-refractivity contribution in [2.45, 2.75) is 13.8 Å². The molecule has 0 radical (unpaired) electrons. The summed E-state index contributed by atoms with van der Waals surface area (Å²) in [7, 11) is 1.12. The summed E-state index contributed by atoms with van der Waals surface area (Å²) in [5.41, 5.74) is -1.61. The molecule has 0 spiro atoms. The number of rotatable bonds is 15. The Balaban J connectivity index is 1.90. The fourth-order valence-corrected chi connectivity index (χ4v) is 3.32. The summed E-state index contributed by atoms with van der Waals surface area (Å²) in [6.45, 7) is 1.99. The molecule has 0 aromatic carbocycles. The Morgan fingerprint density at radius 1 is 0.761 bits per heavy atom. The Kier molecular flexibility index (Phi) is 11.4. The lowest BCUT2D eigenvalue weighted by Gasteiger charge is -2.15. The molecule has 4 N–H and O–H groups in total. The molecule has 0 bridgehead atoms. The number of aliphatic carboxylic acids is 2. The van der Waals surface area contributed by atoms with Crippen molar-refractivity contribution in [3.63, 3.8) is 0 Å². The lowest BCUT2D eigenvalue weighted by atomic mass is 10.2. The molecule has 3 rings (SSSR count). The van der Waals surface area contributed by atoms with Gasteiger partial charge in [-0.2, -0.15) is 0 Å². The van der Waals surface area contributed by atoms with Crippen LogP contribution < -0.4 is 24.8 Å². The van der Waals surface area contributed by atoms with E-state index in [1.165, 1.54) is 24.3 Å². The number of hydrogen-bond donors (Lipinski definition) is 4. The Labute approximate surface area is 258 Å². The number of aromatic nitrogens is 3. The Hall–Kier alpha value is -6.40. The normalized spacial score (nSPS) is 10.4. The molecule has 3 aromatic rings. The van der Waals surface area contributed by atoms with Gasteiger partial charge in [-0.15, -0.1) is 0 Å². The smallest absolute Gasteiger partial charge is 0.356 e. The number of carboxylic acids is 2. The lowest BCUT2D eigenvalue weighted by Crippen LogP contribution is -2.20. The fourth-order valence-electron chi connectivity index (χ4n) is 3.32. The largest absolute Gasteiger partial charge is 0.479 e. The molecule has 242 valence electrons. The molecular weight excluding hydrogens is 616 g/mol. The van der Waals surface area contributed by atoms with Crippen LogP contribution in [0.25, 0.3) is 0 Å². The van der Waals surface area contributed by atoms with Crippen molar-refractivity contribution in [1.82, 2.24) is 15.0 Å². The van der Waals surface area contributed by atoms with Crippen LogP contribution in [0.2, 0.25) is 0 Å². The van der Waals surface area contributed by atoms with Crippen LogP contribution in [-0.4, -0.2) is 86.7 Å². The van der Waals surface area contributed by atoms with Crippen molar-refractivity contribution in [2.75, 3.05) is 37.6 Å². The van der Waals surface area contributed by atoms with E-state index < -0.39 is 59.4 Å².